The summed E-state index contributed by atoms with van der Waals surface area (Å²) in [6, 6.07) is 7.13. The molecular formula is C13H18BrClN2. The van der Waals surface area contributed by atoms with Crippen molar-refractivity contribution in [3.63, 3.8) is 0 Å². The highest BCUT2D eigenvalue weighted by atomic mass is 79.9. The molecule has 2 rings (SSSR count). The van der Waals surface area contributed by atoms with E-state index in [0.717, 1.165) is 22.1 Å². The van der Waals surface area contributed by atoms with Crippen LogP contribution in [0, 0.1) is 0 Å². The van der Waals surface area contributed by atoms with Crippen LogP contribution in [0.3, 0.4) is 0 Å². The summed E-state index contributed by atoms with van der Waals surface area (Å²) in [5.74, 6) is 0. The third-order valence-electron chi connectivity index (χ3n) is 3.33. The first-order valence-corrected chi connectivity index (χ1v) is 7.25. The summed E-state index contributed by atoms with van der Waals surface area (Å²) in [4.78, 5) is 2.50. The Kier molecular flexibility index (Phi) is 4.47. The van der Waals surface area contributed by atoms with Crippen molar-refractivity contribution in [1.82, 2.24) is 4.90 Å². The number of likely N-dealkylation sites (N-methyl/N-ethyl adjacent to an activating group) is 1. The van der Waals surface area contributed by atoms with Gasteiger partial charge < -0.3 is 5.73 Å². The molecule has 0 radical (unpaired) electrons. The van der Waals surface area contributed by atoms with Crippen molar-refractivity contribution in [3.8, 4) is 0 Å². The Balaban J connectivity index is 2.23. The lowest BCUT2D eigenvalue weighted by molar-refractivity contribution is 0.202. The van der Waals surface area contributed by atoms with Gasteiger partial charge in [0.05, 0.1) is 5.02 Å². The number of hydrogen-bond acceptors (Lipinski definition) is 2. The molecule has 1 aromatic rings. The van der Waals surface area contributed by atoms with Gasteiger partial charge in [0.25, 0.3) is 0 Å². The molecule has 1 saturated carbocycles. The Bertz CT molecular complexity index is 393. The number of nitrogens with zero attached hydrogens (tertiary/aromatic N) is 1. The summed E-state index contributed by atoms with van der Waals surface area (Å²) in [6.45, 7) is 3.90. The molecule has 0 aromatic heterocycles. The van der Waals surface area contributed by atoms with Crippen LogP contribution in [0.4, 0.5) is 0 Å². The molecule has 0 heterocycles. The fourth-order valence-electron chi connectivity index (χ4n) is 2.32. The predicted molar refractivity (Wildman–Crippen MR) is 76.3 cm³/mol. The second-order valence-corrected chi connectivity index (χ2v) is 5.75. The summed E-state index contributed by atoms with van der Waals surface area (Å²) in [5, 5.41) is 0.749. The zero-order valence-corrected chi connectivity index (χ0v) is 12.3. The van der Waals surface area contributed by atoms with Crippen molar-refractivity contribution < 1.29 is 0 Å². The molecule has 1 aliphatic rings. The average Bonchev–Trinajstić information content (AvgIpc) is 3.14. The number of benzene rings is 1. The van der Waals surface area contributed by atoms with Crippen LogP contribution in [0.25, 0.3) is 0 Å². The molecule has 17 heavy (non-hydrogen) atoms. The van der Waals surface area contributed by atoms with Gasteiger partial charge in [0.1, 0.15) is 0 Å². The van der Waals surface area contributed by atoms with Crippen LogP contribution >= 0.6 is 27.5 Å². The first kappa shape index (κ1) is 13.3. The van der Waals surface area contributed by atoms with E-state index in [1.54, 1.807) is 0 Å². The molecule has 1 unspecified atom stereocenters. The topological polar surface area (TPSA) is 29.3 Å². The first-order valence-electron chi connectivity index (χ1n) is 6.08. The number of hydrogen-bond donors (Lipinski definition) is 1. The summed E-state index contributed by atoms with van der Waals surface area (Å²) >= 11 is 9.50. The van der Waals surface area contributed by atoms with Gasteiger partial charge in [-0.1, -0.05) is 24.6 Å². The van der Waals surface area contributed by atoms with Crippen LogP contribution in [-0.4, -0.2) is 24.0 Å². The first-order chi connectivity index (χ1) is 8.17. The van der Waals surface area contributed by atoms with Gasteiger partial charge in [0.2, 0.25) is 0 Å². The lowest BCUT2D eigenvalue weighted by Crippen LogP contribution is -2.35. The zero-order valence-electron chi connectivity index (χ0n) is 10.00. The molecule has 0 bridgehead atoms. The Morgan fingerprint density at radius 2 is 2.24 bits per heavy atom. The molecule has 0 amide bonds. The monoisotopic (exact) mass is 316 g/mol. The van der Waals surface area contributed by atoms with E-state index in [-0.39, 0.29) is 0 Å². The van der Waals surface area contributed by atoms with Gasteiger partial charge >= 0.3 is 0 Å². The predicted octanol–water partition coefficient (Wildman–Crippen LogP) is 3.59. The lowest BCUT2D eigenvalue weighted by atomic mass is 10.1. The minimum atomic E-state index is 0.307. The molecule has 1 fully saturated rings. The molecule has 1 atom stereocenters. The van der Waals surface area contributed by atoms with Crippen molar-refractivity contribution >= 4 is 27.5 Å². The van der Waals surface area contributed by atoms with Crippen LogP contribution in [0.5, 0.6) is 0 Å². The normalized spacial score (nSPS) is 17.5. The Morgan fingerprint density at radius 3 is 2.71 bits per heavy atom. The molecule has 0 spiro atoms. The van der Waals surface area contributed by atoms with E-state index < -0.39 is 0 Å². The van der Waals surface area contributed by atoms with E-state index in [2.05, 4.69) is 39.9 Å². The van der Waals surface area contributed by atoms with E-state index in [9.17, 15) is 0 Å². The average molecular weight is 318 g/mol. The molecule has 2 N–H and O–H groups in total. The van der Waals surface area contributed by atoms with Crippen molar-refractivity contribution in [3.05, 3.63) is 33.3 Å². The Hall–Kier alpha value is -0.0900. The number of halogens is 2. The highest BCUT2D eigenvalue weighted by molar-refractivity contribution is 9.10. The molecule has 94 valence electrons. The number of nitrogens with two attached hydrogens (primary N) is 1. The van der Waals surface area contributed by atoms with Gasteiger partial charge in [-0.15, -0.1) is 0 Å². The minimum Gasteiger partial charge on any atom is -0.329 e. The standard InChI is InChI=1S/C13H18BrClN2/c1-2-17(10-4-5-10)13(8-16)9-3-6-12(15)11(14)7-9/h3,6-7,10,13H,2,4-5,8,16H2,1H3. The SMILES string of the molecule is CCN(C1CC1)C(CN)c1ccc(Cl)c(Br)c1. The Labute approximate surface area is 116 Å². The molecule has 0 saturated heterocycles. The van der Waals surface area contributed by atoms with Crippen LogP contribution in [0.15, 0.2) is 22.7 Å². The third-order valence-corrected chi connectivity index (χ3v) is 4.55. The van der Waals surface area contributed by atoms with Crippen molar-refractivity contribution in [2.75, 3.05) is 13.1 Å². The molecule has 0 aliphatic heterocycles. The third kappa shape index (κ3) is 3.02. The van der Waals surface area contributed by atoms with Gasteiger partial charge in [0, 0.05) is 23.1 Å². The fraction of sp³-hybridized carbons (Fsp3) is 0.538. The van der Waals surface area contributed by atoms with Crippen LogP contribution in [-0.2, 0) is 0 Å². The summed E-state index contributed by atoms with van der Waals surface area (Å²) in [6.07, 6.45) is 2.61. The second kappa shape index (κ2) is 5.70. The van der Waals surface area contributed by atoms with Gasteiger partial charge in [-0.3, -0.25) is 4.90 Å². The summed E-state index contributed by atoms with van der Waals surface area (Å²) in [5.41, 5.74) is 7.19. The van der Waals surface area contributed by atoms with Gasteiger partial charge in [-0.2, -0.15) is 0 Å². The maximum atomic E-state index is 6.03. The van der Waals surface area contributed by atoms with Gasteiger partial charge in [-0.25, -0.2) is 0 Å². The molecule has 4 heteroatoms. The number of rotatable bonds is 5. The van der Waals surface area contributed by atoms with Gasteiger partial charge in [0.15, 0.2) is 0 Å². The highest BCUT2D eigenvalue weighted by Gasteiger charge is 2.32. The lowest BCUT2D eigenvalue weighted by Gasteiger charge is -2.30. The van der Waals surface area contributed by atoms with E-state index in [1.165, 1.54) is 18.4 Å². The molecule has 1 aliphatic carbocycles. The fourth-order valence-corrected chi connectivity index (χ4v) is 2.84. The van der Waals surface area contributed by atoms with Crippen molar-refractivity contribution in [2.45, 2.75) is 31.8 Å². The minimum absolute atomic E-state index is 0.307. The van der Waals surface area contributed by atoms with Crippen LogP contribution in [0.2, 0.25) is 5.02 Å². The summed E-state index contributed by atoms with van der Waals surface area (Å²) < 4.78 is 0.946. The molecule has 2 nitrogen and oxygen atoms in total. The molecular weight excluding hydrogens is 300 g/mol. The second-order valence-electron chi connectivity index (χ2n) is 4.49. The summed E-state index contributed by atoms with van der Waals surface area (Å²) in [7, 11) is 0. The van der Waals surface area contributed by atoms with Crippen LogP contribution in [0.1, 0.15) is 31.4 Å². The molecule has 1 aromatic carbocycles. The quantitative estimate of drug-likeness (QED) is 0.899. The smallest absolute Gasteiger partial charge is 0.0548 e. The zero-order chi connectivity index (χ0) is 12.4. The van der Waals surface area contributed by atoms with Crippen molar-refractivity contribution in [2.24, 2.45) is 5.73 Å². The van der Waals surface area contributed by atoms with E-state index in [0.29, 0.717) is 12.6 Å². The largest absolute Gasteiger partial charge is 0.329 e. The van der Waals surface area contributed by atoms with E-state index in [4.69, 9.17) is 17.3 Å². The van der Waals surface area contributed by atoms with E-state index >= 15 is 0 Å². The maximum Gasteiger partial charge on any atom is 0.0548 e. The van der Waals surface area contributed by atoms with E-state index in [1.807, 2.05) is 6.07 Å². The van der Waals surface area contributed by atoms with Gasteiger partial charge in [-0.05, 0) is 53.0 Å². The van der Waals surface area contributed by atoms with Crippen LogP contribution < -0.4 is 5.73 Å². The highest BCUT2D eigenvalue weighted by Crippen LogP contribution is 2.35. The van der Waals surface area contributed by atoms with Crippen molar-refractivity contribution in [1.29, 1.82) is 0 Å². The maximum absolute atomic E-state index is 6.03. The Morgan fingerprint density at radius 1 is 1.53 bits per heavy atom.